The molecule has 0 bridgehead atoms. The van der Waals surface area contributed by atoms with Gasteiger partial charge in [0, 0.05) is 37.6 Å². The van der Waals surface area contributed by atoms with Crippen molar-refractivity contribution in [2.45, 2.75) is 6.54 Å². The average molecular weight is 282 g/mol. The Balaban J connectivity index is 2.02. The van der Waals surface area contributed by atoms with Crippen molar-refractivity contribution in [1.29, 1.82) is 0 Å². The number of para-hydroxylation sites is 1. The first-order chi connectivity index (χ1) is 10.2. The second-order valence-corrected chi connectivity index (χ2v) is 4.63. The molecule has 0 radical (unpaired) electrons. The van der Waals surface area contributed by atoms with E-state index < -0.39 is 0 Å². The zero-order valence-corrected chi connectivity index (χ0v) is 12.2. The summed E-state index contributed by atoms with van der Waals surface area (Å²) in [6.07, 6.45) is 6.79. The SMILES string of the molecule is COc1ccccc1/C=C/C(=O)N(C)Cc1cccnc1. The maximum atomic E-state index is 12.1. The van der Waals surface area contributed by atoms with Gasteiger partial charge in [-0.25, -0.2) is 0 Å². The summed E-state index contributed by atoms with van der Waals surface area (Å²) in [5.74, 6) is 0.682. The van der Waals surface area contributed by atoms with Gasteiger partial charge in [-0.3, -0.25) is 9.78 Å². The molecule has 0 saturated heterocycles. The molecule has 0 aliphatic carbocycles. The van der Waals surface area contributed by atoms with Crippen LogP contribution in [0.15, 0.2) is 54.9 Å². The van der Waals surface area contributed by atoms with Gasteiger partial charge in [0.25, 0.3) is 0 Å². The lowest BCUT2D eigenvalue weighted by Crippen LogP contribution is -2.24. The second-order valence-electron chi connectivity index (χ2n) is 4.63. The Morgan fingerprint density at radius 3 is 2.81 bits per heavy atom. The number of carbonyl (C=O) groups excluding carboxylic acids is 1. The van der Waals surface area contributed by atoms with Crippen molar-refractivity contribution in [3.8, 4) is 5.75 Å². The minimum absolute atomic E-state index is 0.0650. The molecular weight excluding hydrogens is 264 g/mol. The predicted molar refractivity (Wildman–Crippen MR) is 82.7 cm³/mol. The van der Waals surface area contributed by atoms with Crippen molar-refractivity contribution in [3.05, 3.63) is 66.0 Å². The van der Waals surface area contributed by atoms with Crippen LogP contribution in [0.4, 0.5) is 0 Å². The third-order valence-electron chi connectivity index (χ3n) is 3.06. The highest BCUT2D eigenvalue weighted by atomic mass is 16.5. The molecule has 0 fully saturated rings. The van der Waals surface area contributed by atoms with E-state index in [2.05, 4.69) is 4.98 Å². The Kier molecular flexibility index (Phi) is 5.10. The largest absolute Gasteiger partial charge is 0.496 e. The predicted octanol–water partition coefficient (Wildman–Crippen LogP) is 2.76. The third kappa shape index (κ3) is 4.18. The van der Waals surface area contributed by atoms with Crippen LogP contribution in [0.25, 0.3) is 6.08 Å². The van der Waals surface area contributed by atoms with E-state index in [0.29, 0.717) is 6.54 Å². The zero-order chi connectivity index (χ0) is 15.1. The number of likely N-dealkylation sites (N-methyl/N-ethyl adjacent to an activating group) is 1. The van der Waals surface area contributed by atoms with E-state index in [4.69, 9.17) is 4.74 Å². The molecule has 1 heterocycles. The number of aromatic nitrogens is 1. The van der Waals surface area contributed by atoms with E-state index in [-0.39, 0.29) is 5.91 Å². The van der Waals surface area contributed by atoms with E-state index in [1.54, 1.807) is 43.6 Å². The summed E-state index contributed by atoms with van der Waals surface area (Å²) in [5.41, 5.74) is 1.88. The first-order valence-electron chi connectivity index (χ1n) is 6.66. The standard InChI is InChI=1S/C17H18N2O2/c1-19(13-14-6-5-11-18-12-14)17(20)10-9-15-7-3-4-8-16(15)21-2/h3-12H,13H2,1-2H3/b10-9+. The molecule has 2 aromatic rings. The number of methoxy groups -OCH3 is 1. The molecule has 4 nitrogen and oxygen atoms in total. The topological polar surface area (TPSA) is 42.4 Å². The first-order valence-corrected chi connectivity index (χ1v) is 6.66. The summed E-state index contributed by atoms with van der Waals surface area (Å²) >= 11 is 0. The highest BCUT2D eigenvalue weighted by Gasteiger charge is 2.06. The highest BCUT2D eigenvalue weighted by molar-refractivity contribution is 5.91. The Morgan fingerprint density at radius 1 is 1.29 bits per heavy atom. The van der Waals surface area contributed by atoms with Crippen LogP contribution in [0.2, 0.25) is 0 Å². The fraction of sp³-hybridized carbons (Fsp3) is 0.176. The number of hydrogen-bond acceptors (Lipinski definition) is 3. The van der Waals surface area contributed by atoms with Gasteiger partial charge in [-0.15, -0.1) is 0 Å². The van der Waals surface area contributed by atoms with Crippen LogP contribution in [0.1, 0.15) is 11.1 Å². The Labute approximate surface area is 124 Å². The van der Waals surface area contributed by atoms with Gasteiger partial charge in [0.2, 0.25) is 5.91 Å². The molecule has 0 aliphatic heterocycles. The van der Waals surface area contributed by atoms with Gasteiger partial charge >= 0.3 is 0 Å². The lowest BCUT2D eigenvalue weighted by molar-refractivity contribution is -0.125. The molecule has 0 saturated carbocycles. The molecule has 0 unspecified atom stereocenters. The second kappa shape index (κ2) is 7.24. The van der Waals surface area contributed by atoms with Gasteiger partial charge in [0.15, 0.2) is 0 Å². The molecule has 0 aliphatic rings. The number of amides is 1. The molecule has 4 heteroatoms. The van der Waals surface area contributed by atoms with E-state index in [0.717, 1.165) is 16.9 Å². The van der Waals surface area contributed by atoms with Gasteiger partial charge in [0.1, 0.15) is 5.75 Å². The Morgan fingerprint density at radius 2 is 2.10 bits per heavy atom. The van der Waals surface area contributed by atoms with Gasteiger partial charge in [-0.05, 0) is 23.8 Å². The van der Waals surface area contributed by atoms with Crippen molar-refractivity contribution < 1.29 is 9.53 Å². The number of benzene rings is 1. The van der Waals surface area contributed by atoms with Crippen molar-refractivity contribution in [1.82, 2.24) is 9.88 Å². The number of carbonyl (C=O) groups is 1. The highest BCUT2D eigenvalue weighted by Crippen LogP contribution is 2.18. The number of rotatable bonds is 5. The van der Waals surface area contributed by atoms with E-state index in [1.807, 2.05) is 36.4 Å². The quantitative estimate of drug-likeness (QED) is 0.792. The van der Waals surface area contributed by atoms with Crippen LogP contribution >= 0.6 is 0 Å². The van der Waals surface area contributed by atoms with E-state index in [9.17, 15) is 4.79 Å². The van der Waals surface area contributed by atoms with Crippen LogP contribution in [0, 0.1) is 0 Å². The molecule has 1 aromatic carbocycles. The lowest BCUT2D eigenvalue weighted by atomic mass is 10.2. The first kappa shape index (κ1) is 14.8. The summed E-state index contributed by atoms with van der Waals surface area (Å²) in [4.78, 5) is 17.8. The van der Waals surface area contributed by atoms with Crippen LogP contribution in [0.5, 0.6) is 5.75 Å². The molecule has 0 spiro atoms. The molecule has 1 amide bonds. The van der Waals surface area contributed by atoms with Crippen molar-refractivity contribution in [2.24, 2.45) is 0 Å². The molecule has 0 N–H and O–H groups in total. The van der Waals surface area contributed by atoms with Crippen LogP contribution in [-0.4, -0.2) is 29.9 Å². The molecule has 0 atom stereocenters. The third-order valence-corrected chi connectivity index (χ3v) is 3.06. The number of nitrogens with zero attached hydrogens (tertiary/aromatic N) is 2. The van der Waals surface area contributed by atoms with Gasteiger partial charge < -0.3 is 9.64 Å². The number of ether oxygens (including phenoxy) is 1. The number of hydrogen-bond donors (Lipinski definition) is 0. The summed E-state index contributed by atoms with van der Waals surface area (Å²) in [7, 11) is 3.38. The van der Waals surface area contributed by atoms with Crippen molar-refractivity contribution in [3.63, 3.8) is 0 Å². The van der Waals surface area contributed by atoms with Crippen LogP contribution < -0.4 is 4.74 Å². The fourth-order valence-corrected chi connectivity index (χ4v) is 1.94. The van der Waals surface area contributed by atoms with E-state index in [1.165, 1.54) is 0 Å². The minimum atomic E-state index is -0.0650. The molecule has 1 aromatic heterocycles. The lowest BCUT2D eigenvalue weighted by Gasteiger charge is -2.14. The fourth-order valence-electron chi connectivity index (χ4n) is 1.94. The maximum absolute atomic E-state index is 12.1. The van der Waals surface area contributed by atoms with Gasteiger partial charge in [-0.2, -0.15) is 0 Å². The van der Waals surface area contributed by atoms with Gasteiger partial charge in [0.05, 0.1) is 7.11 Å². The summed E-state index contributed by atoms with van der Waals surface area (Å²) in [6, 6.07) is 11.4. The van der Waals surface area contributed by atoms with Gasteiger partial charge in [-0.1, -0.05) is 24.3 Å². The summed E-state index contributed by atoms with van der Waals surface area (Å²) < 4.78 is 5.25. The van der Waals surface area contributed by atoms with Crippen LogP contribution in [-0.2, 0) is 11.3 Å². The van der Waals surface area contributed by atoms with E-state index >= 15 is 0 Å². The summed E-state index contributed by atoms with van der Waals surface area (Å²) in [5, 5.41) is 0. The smallest absolute Gasteiger partial charge is 0.246 e. The molecule has 21 heavy (non-hydrogen) atoms. The normalized spacial score (nSPS) is 10.6. The maximum Gasteiger partial charge on any atom is 0.246 e. The average Bonchev–Trinajstić information content (AvgIpc) is 2.53. The van der Waals surface area contributed by atoms with Crippen molar-refractivity contribution in [2.75, 3.05) is 14.2 Å². The molecular formula is C17H18N2O2. The summed E-state index contributed by atoms with van der Waals surface area (Å²) in [6.45, 7) is 0.531. The van der Waals surface area contributed by atoms with Crippen molar-refractivity contribution >= 4 is 12.0 Å². The Hall–Kier alpha value is -2.62. The molecule has 2 rings (SSSR count). The minimum Gasteiger partial charge on any atom is -0.496 e. The zero-order valence-electron chi connectivity index (χ0n) is 12.2. The van der Waals surface area contributed by atoms with Crippen LogP contribution in [0.3, 0.4) is 0 Å². The monoisotopic (exact) mass is 282 g/mol. The number of pyridine rings is 1. The molecule has 108 valence electrons. The Bertz CT molecular complexity index is 624.